The highest BCUT2D eigenvalue weighted by molar-refractivity contribution is 6.30. The van der Waals surface area contributed by atoms with Gasteiger partial charge in [-0.2, -0.15) is 5.26 Å². The third-order valence-electron chi connectivity index (χ3n) is 4.50. The molecule has 0 aliphatic carbocycles. The summed E-state index contributed by atoms with van der Waals surface area (Å²) in [5, 5.41) is 23.8. The minimum atomic E-state index is -0.544. The number of likely N-dealkylation sites (tertiary alicyclic amines) is 1. The first-order valence-corrected chi connectivity index (χ1v) is 9.46. The van der Waals surface area contributed by atoms with Crippen LogP contribution in [0, 0.1) is 16.9 Å². The molecule has 29 heavy (non-hydrogen) atoms. The van der Waals surface area contributed by atoms with Gasteiger partial charge in [0.05, 0.1) is 30.2 Å². The predicted molar refractivity (Wildman–Crippen MR) is 112 cm³/mol. The van der Waals surface area contributed by atoms with Gasteiger partial charge in [0.1, 0.15) is 0 Å². The van der Waals surface area contributed by atoms with E-state index in [1.165, 1.54) is 0 Å². The van der Waals surface area contributed by atoms with Crippen LogP contribution >= 0.6 is 11.6 Å². The number of carbonyl (C=O) groups excluding carboxylic acids is 1. The van der Waals surface area contributed by atoms with Crippen molar-refractivity contribution in [3.8, 4) is 6.19 Å². The summed E-state index contributed by atoms with van der Waals surface area (Å²) in [4.78, 5) is 22.5. The average Bonchev–Trinajstić information content (AvgIpc) is 3.15. The quantitative estimate of drug-likeness (QED) is 0.293. The lowest BCUT2D eigenvalue weighted by Gasteiger charge is -2.27. The summed E-state index contributed by atoms with van der Waals surface area (Å²) in [6.45, 7) is 0.705. The maximum Gasteiger partial charge on any atom is 0.223 e. The molecule has 1 aromatic heterocycles. The lowest BCUT2D eigenvalue weighted by Crippen LogP contribution is -2.44. The van der Waals surface area contributed by atoms with Gasteiger partial charge in [0, 0.05) is 24.2 Å². The van der Waals surface area contributed by atoms with Crippen LogP contribution in [-0.2, 0) is 4.79 Å². The van der Waals surface area contributed by atoms with Gasteiger partial charge in [-0.05, 0) is 36.2 Å². The van der Waals surface area contributed by atoms with Crippen molar-refractivity contribution in [1.29, 1.82) is 10.7 Å². The second-order valence-corrected chi connectivity index (χ2v) is 6.86. The molecule has 1 unspecified atom stereocenters. The summed E-state index contributed by atoms with van der Waals surface area (Å²) >= 11 is 5.95. The van der Waals surface area contributed by atoms with E-state index in [0.717, 1.165) is 6.42 Å². The Balaban J connectivity index is 1.84. The fraction of sp³-hybridized carbons (Fsp3) is 0.250. The van der Waals surface area contributed by atoms with Crippen LogP contribution in [-0.4, -0.2) is 46.6 Å². The van der Waals surface area contributed by atoms with Crippen molar-refractivity contribution >= 4 is 34.9 Å². The molecule has 3 rings (SSSR count). The van der Waals surface area contributed by atoms with Gasteiger partial charge >= 0.3 is 0 Å². The number of aromatic nitrogens is 1. The molecular weight excluding hydrogens is 390 g/mol. The molecule has 1 aliphatic rings. The van der Waals surface area contributed by atoms with E-state index in [0.29, 0.717) is 29.2 Å². The summed E-state index contributed by atoms with van der Waals surface area (Å²) in [5.41, 5.74) is 1.61. The Morgan fingerprint density at radius 3 is 2.79 bits per heavy atom. The van der Waals surface area contributed by atoms with Crippen LogP contribution in [0.15, 0.2) is 53.8 Å². The molecule has 9 heteroatoms. The molecule has 148 valence electrons. The Kier molecular flexibility index (Phi) is 6.76. The molecule has 8 nitrogen and oxygen atoms in total. The van der Waals surface area contributed by atoms with Gasteiger partial charge < -0.3 is 15.6 Å². The van der Waals surface area contributed by atoms with Gasteiger partial charge in [-0.25, -0.2) is 4.99 Å². The van der Waals surface area contributed by atoms with Crippen molar-refractivity contribution in [2.24, 2.45) is 4.99 Å². The standard InChI is InChI=1S/C20H20ClN7O/c21-15-7-5-14(6-8-15)19(23)17(28-10-2-4-18(28)29)12-25-20(26-13-22)27-16-3-1-9-24-11-16/h1,3,5-9,11,17,23H,2,4,10,12H2,(H2,25,26,27). The number of aliphatic imine (C=N–C) groups is 1. The number of pyridine rings is 1. The summed E-state index contributed by atoms with van der Waals surface area (Å²) in [6.07, 6.45) is 6.31. The number of amides is 1. The average molecular weight is 410 g/mol. The molecule has 1 fully saturated rings. The minimum absolute atomic E-state index is 0.000996. The third kappa shape index (κ3) is 5.30. The van der Waals surface area contributed by atoms with E-state index in [1.807, 2.05) is 6.19 Å². The number of nitrogens with one attached hydrogen (secondary N) is 3. The second kappa shape index (κ2) is 9.66. The van der Waals surface area contributed by atoms with Crippen LogP contribution in [0.2, 0.25) is 5.02 Å². The molecule has 0 spiro atoms. The van der Waals surface area contributed by atoms with Crippen LogP contribution in [0.1, 0.15) is 18.4 Å². The monoisotopic (exact) mass is 409 g/mol. The van der Waals surface area contributed by atoms with Crippen molar-refractivity contribution in [3.63, 3.8) is 0 Å². The molecule has 0 bridgehead atoms. The van der Waals surface area contributed by atoms with Gasteiger partial charge in [-0.1, -0.05) is 23.7 Å². The van der Waals surface area contributed by atoms with E-state index in [1.54, 1.807) is 53.7 Å². The number of guanidine groups is 1. The largest absolute Gasteiger partial charge is 0.332 e. The molecule has 2 aromatic rings. The lowest BCUT2D eigenvalue weighted by molar-refractivity contribution is -0.128. The number of anilines is 1. The Morgan fingerprint density at radius 1 is 1.38 bits per heavy atom. The number of nitriles is 1. The predicted octanol–water partition coefficient (Wildman–Crippen LogP) is 2.63. The van der Waals surface area contributed by atoms with Gasteiger partial charge in [0.2, 0.25) is 11.9 Å². The van der Waals surface area contributed by atoms with E-state index in [9.17, 15) is 4.79 Å². The van der Waals surface area contributed by atoms with Crippen LogP contribution in [0.3, 0.4) is 0 Å². The van der Waals surface area contributed by atoms with Crippen molar-refractivity contribution in [2.45, 2.75) is 18.9 Å². The summed E-state index contributed by atoms with van der Waals surface area (Å²) in [7, 11) is 0. The zero-order valence-corrected chi connectivity index (χ0v) is 16.4. The highest BCUT2D eigenvalue weighted by atomic mass is 35.5. The molecule has 1 aromatic carbocycles. The normalized spacial score (nSPS) is 15.0. The van der Waals surface area contributed by atoms with Gasteiger partial charge in [0.25, 0.3) is 0 Å². The molecule has 1 amide bonds. The number of benzene rings is 1. The van der Waals surface area contributed by atoms with Crippen LogP contribution < -0.4 is 10.6 Å². The highest BCUT2D eigenvalue weighted by Gasteiger charge is 2.31. The van der Waals surface area contributed by atoms with Crippen molar-refractivity contribution in [2.75, 3.05) is 18.4 Å². The summed E-state index contributed by atoms with van der Waals surface area (Å²) in [5.74, 6) is 0.222. The van der Waals surface area contributed by atoms with Crippen LogP contribution in [0.25, 0.3) is 0 Å². The number of hydrogen-bond donors (Lipinski definition) is 3. The van der Waals surface area contributed by atoms with Gasteiger partial charge in [0.15, 0.2) is 6.19 Å². The van der Waals surface area contributed by atoms with E-state index < -0.39 is 6.04 Å². The van der Waals surface area contributed by atoms with Crippen LogP contribution in [0.4, 0.5) is 5.69 Å². The van der Waals surface area contributed by atoms with Gasteiger partial charge in [-0.3, -0.25) is 15.1 Å². The number of rotatable bonds is 6. The molecular formula is C20H20ClN7O. The van der Waals surface area contributed by atoms with Crippen molar-refractivity contribution in [3.05, 3.63) is 59.4 Å². The first-order chi connectivity index (χ1) is 14.1. The van der Waals surface area contributed by atoms with E-state index >= 15 is 0 Å². The first kappa shape index (κ1) is 20.3. The number of nitrogens with zero attached hydrogens (tertiary/aromatic N) is 4. The number of hydrogen-bond acceptors (Lipinski definition) is 5. The molecule has 2 heterocycles. The fourth-order valence-corrected chi connectivity index (χ4v) is 3.21. The second-order valence-electron chi connectivity index (χ2n) is 6.42. The lowest BCUT2D eigenvalue weighted by atomic mass is 10.0. The third-order valence-corrected chi connectivity index (χ3v) is 4.75. The van der Waals surface area contributed by atoms with E-state index in [-0.39, 0.29) is 24.1 Å². The smallest absolute Gasteiger partial charge is 0.223 e. The van der Waals surface area contributed by atoms with Crippen molar-refractivity contribution < 1.29 is 4.79 Å². The topological polar surface area (TPSA) is 117 Å². The Bertz CT molecular complexity index is 938. The van der Waals surface area contributed by atoms with E-state index in [2.05, 4.69) is 20.6 Å². The minimum Gasteiger partial charge on any atom is -0.332 e. The van der Waals surface area contributed by atoms with Crippen LogP contribution in [0.5, 0.6) is 0 Å². The maximum absolute atomic E-state index is 12.3. The fourth-order valence-electron chi connectivity index (χ4n) is 3.08. The van der Waals surface area contributed by atoms with Gasteiger partial charge in [-0.15, -0.1) is 0 Å². The Hall–Kier alpha value is -3.44. The number of halogens is 1. The Labute approximate surface area is 173 Å². The molecule has 3 N–H and O–H groups in total. The molecule has 1 atom stereocenters. The first-order valence-electron chi connectivity index (χ1n) is 9.09. The molecule has 1 saturated heterocycles. The SMILES string of the molecule is N#CNC(=NCC(C(=N)c1ccc(Cl)cc1)N1CCCC1=O)Nc1cccnc1. The maximum atomic E-state index is 12.3. The highest BCUT2D eigenvalue weighted by Crippen LogP contribution is 2.19. The van der Waals surface area contributed by atoms with E-state index in [4.69, 9.17) is 22.3 Å². The number of carbonyl (C=O) groups is 1. The zero-order chi connectivity index (χ0) is 20.6. The Morgan fingerprint density at radius 2 is 2.17 bits per heavy atom. The zero-order valence-electron chi connectivity index (χ0n) is 15.6. The summed E-state index contributed by atoms with van der Waals surface area (Å²) in [6, 6.07) is 9.94. The van der Waals surface area contributed by atoms with Crippen molar-refractivity contribution in [1.82, 2.24) is 15.2 Å². The molecule has 0 radical (unpaired) electrons. The summed E-state index contributed by atoms with van der Waals surface area (Å²) < 4.78 is 0. The molecule has 0 saturated carbocycles. The molecule has 1 aliphatic heterocycles.